The van der Waals surface area contributed by atoms with Crippen LogP contribution in [-0.2, 0) is 19.8 Å². The number of fused-ring (bicyclic) bond motifs is 9. The van der Waals surface area contributed by atoms with Crippen molar-refractivity contribution >= 4 is 40.9 Å². The van der Waals surface area contributed by atoms with E-state index in [4.69, 9.17) is 0 Å². The number of nitrogens with zero attached hydrogens (tertiary/aromatic N) is 1. The van der Waals surface area contributed by atoms with Crippen LogP contribution in [0.5, 0.6) is 0 Å². The van der Waals surface area contributed by atoms with E-state index in [0.717, 1.165) is 27.6 Å². The number of hydrogen-bond donors (Lipinski definition) is 2. The molecular weight excluding hydrogens is 400 g/mol. The third-order valence-electron chi connectivity index (χ3n) is 7.74. The lowest BCUT2D eigenvalue weighted by Crippen LogP contribution is -2.49. The van der Waals surface area contributed by atoms with E-state index in [2.05, 4.69) is 18.8 Å². The summed E-state index contributed by atoms with van der Waals surface area (Å²) in [5.41, 5.74) is -0.214. The number of thioether (sulfide) groups is 1. The molecule has 0 aromatic carbocycles. The van der Waals surface area contributed by atoms with Crippen LogP contribution in [0.15, 0.2) is 9.82 Å². The summed E-state index contributed by atoms with van der Waals surface area (Å²) in [5.74, 6) is -2.29. The standard InChI is InChI=1S/C19H22N2O5S2/c1-4-19(3)11-7-5-8(12(11)27-14-13(19)28-18(26)20-14)10-9(7)15(22)21(16(10)23)6(2)17(24)25/h6-12H,4-5H2,1-3H3,(H,20,26)(H,24,25)/t6-,7-,8-,9+,10-,11-,12-,19-/m0/s1. The van der Waals surface area contributed by atoms with Crippen molar-refractivity contribution in [3.63, 3.8) is 0 Å². The first-order valence-corrected chi connectivity index (χ1v) is 11.4. The van der Waals surface area contributed by atoms with Crippen LogP contribution < -0.4 is 4.87 Å². The van der Waals surface area contributed by atoms with Crippen LogP contribution in [0, 0.1) is 29.6 Å². The number of rotatable bonds is 3. The molecule has 150 valence electrons. The Morgan fingerprint density at radius 2 is 1.93 bits per heavy atom. The fourth-order valence-corrected chi connectivity index (χ4v) is 9.60. The summed E-state index contributed by atoms with van der Waals surface area (Å²) in [4.78, 5) is 54.6. The van der Waals surface area contributed by atoms with Crippen molar-refractivity contribution in [3.8, 4) is 0 Å². The number of imide groups is 1. The van der Waals surface area contributed by atoms with Crippen molar-refractivity contribution in [1.82, 2.24) is 9.88 Å². The minimum absolute atomic E-state index is 0.0508. The van der Waals surface area contributed by atoms with Gasteiger partial charge >= 0.3 is 10.8 Å². The predicted octanol–water partition coefficient (Wildman–Crippen LogP) is 1.92. The monoisotopic (exact) mass is 422 g/mol. The number of likely N-dealkylation sites (tertiary alicyclic amines) is 1. The zero-order chi connectivity index (χ0) is 20.1. The number of carboxylic acid groups (broad SMARTS) is 1. The Balaban J connectivity index is 1.59. The largest absolute Gasteiger partial charge is 0.480 e. The molecule has 9 heteroatoms. The van der Waals surface area contributed by atoms with E-state index >= 15 is 0 Å². The highest BCUT2D eigenvalue weighted by Gasteiger charge is 2.71. The van der Waals surface area contributed by atoms with E-state index in [1.54, 1.807) is 11.8 Å². The molecule has 2 N–H and O–H groups in total. The van der Waals surface area contributed by atoms with E-state index in [9.17, 15) is 24.3 Å². The topological polar surface area (TPSA) is 108 Å². The highest BCUT2D eigenvalue weighted by atomic mass is 32.2. The Kier molecular flexibility index (Phi) is 3.76. The number of amides is 2. The first-order chi connectivity index (χ1) is 13.2. The molecule has 2 aliphatic carbocycles. The SMILES string of the molecule is CC[C@]1(C)c2sc(=O)[nH]c2S[C@H]2[C@H]3C[C@@H]([C@H]4C(=O)N([C@@H](C)C(=O)O)C(=O)[C@@H]34)[C@@H]21. The van der Waals surface area contributed by atoms with Crippen LogP contribution >= 0.6 is 23.1 Å². The lowest BCUT2D eigenvalue weighted by Gasteiger charge is -2.48. The number of aromatic amines is 1. The Bertz CT molecular complexity index is 970. The molecule has 3 heterocycles. The van der Waals surface area contributed by atoms with Crippen molar-refractivity contribution in [3.05, 3.63) is 14.5 Å². The fraction of sp³-hybridized carbons (Fsp3) is 0.684. The van der Waals surface area contributed by atoms with Crippen LogP contribution in [-0.4, -0.2) is 44.1 Å². The Labute approximate surface area is 169 Å². The second kappa shape index (κ2) is 5.72. The molecular formula is C19H22N2O5S2. The zero-order valence-corrected chi connectivity index (χ0v) is 17.4. The van der Waals surface area contributed by atoms with Gasteiger partial charge < -0.3 is 10.1 Å². The summed E-state index contributed by atoms with van der Waals surface area (Å²) >= 11 is 2.92. The van der Waals surface area contributed by atoms with E-state index in [-0.39, 0.29) is 45.1 Å². The maximum atomic E-state index is 13.1. The van der Waals surface area contributed by atoms with E-state index in [0.29, 0.717) is 0 Å². The van der Waals surface area contributed by atoms with Gasteiger partial charge in [-0.15, -0.1) is 11.8 Å². The fourth-order valence-electron chi connectivity index (χ4n) is 6.41. The number of carboxylic acids is 1. The summed E-state index contributed by atoms with van der Waals surface area (Å²) in [6.45, 7) is 5.70. The van der Waals surface area contributed by atoms with Gasteiger partial charge in [-0.3, -0.25) is 19.3 Å². The van der Waals surface area contributed by atoms with Gasteiger partial charge in [-0.25, -0.2) is 4.79 Å². The molecule has 1 aromatic heterocycles. The molecule has 7 nitrogen and oxygen atoms in total. The van der Waals surface area contributed by atoms with Crippen LogP contribution in [0.3, 0.4) is 0 Å². The first kappa shape index (κ1) is 18.4. The molecule has 1 aromatic rings. The third-order valence-corrected chi connectivity index (χ3v) is 10.5. The molecule has 5 rings (SSSR count). The quantitative estimate of drug-likeness (QED) is 0.721. The van der Waals surface area contributed by atoms with Gasteiger partial charge in [0.25, 0.3) is 0 Å². The smallest absolute Gasteiger partial charge is 0.326 e. The number of thiazole rings is 1. The number of carbonyl (C=O) groups excluding carboxylic acids is 2. The Morgan fingerprint density at radius 3 is 2.54 bits per heavy atom. The second-order valence-electron chi connectivity index (χ2n) is 8.73. The molecule has 2 aliphatic heterocycles. The van der Waals surface area contributed by atoms with E-state index in [1.807, 2.05) is 0 Å². The lowest BCUT2D eigenvalue weighted by molar-refractivity contribution is -0.154. The molecule has 3 fully saturated rings. The number of carbonyl (C=O) groups is 3. The molecule has 4 aliphatic rings. The summed E-state index contributed by atoms with van der Waals surface area (Å²) in [6, 6.07) is -1.13. The van der Waals surface area contributed by atoms with E-state index in [1.165, 1.54) is 18.3 Å². The van der Waals surface area contributed by atoms with Crippen molar-refractivity contribution < 1.29 is 19.5 Å². The van der Waals surface area contributed by atoms with E-state index < -0.39 is 23.8 Å². The van der Waals surface area contributed by atoms with Crippen molar-refractivity contribution in [1.29, 1.82) is 0 Å². The third kappa shape index (κ3) is 2.01. The average Bonchev–Trinajstić information content (AvgIpc) is 3.36. The summed E-state index contributed by atoms with van der Waals surface area (Å²) < 4.78 is 0. The molecule has 28 heavy (non-hydrogen) atoms. The van der Waals surface area contributed by atoms with Crippen LogP contribution in [0.25, 0.3) is 0 Å². The molecule has 0 unspecified atom stereocenters. The molecule has 8 atom stereocenters. The molecule has 0 radical (unpaired) electrons. The van der Waals surface area contributed by atoms with Gasteiger partial charge in [0.05, 0.1) is 16.9 Å². The zero-order valence-electron chi connectivity index (χ0n) is 15.8. The molecule has 0 spiro atoms. The predicted molar refractivity (Wildman–Crippen MR) is 103 cm³/mol. The summed E-state index contributed by atoms with van der Waals surface area (Å²) in [7, 11) is 0. The number of hydrogen-bond acceptors (Lipinski definition) is 6. The number of aromatic nitrogens is 1. The van der Waals surface area contributed by atoms with Gasteiger partial charge in [-0.1, -0.05) is 25.2 Å². The van der Waals surface area contributed by atoms with Crippen LogP contribution in [0.1, 0.15) is 38.5 Å². The van der Waals surface area contributed by atoms with Gasteiger partial charge in [0.15, 0.2) is 0 Å². The summed E-state index contributed by atoms with van der Waals surface area (Å²) in [6.07, 6.45) is 1.69. The maximum absolute atomic E-state index is 13.1. The minimum Gasteiger partial charge on any atom is -0.480 e. The molecule has 2 amide bonds. The summed E-state index contributed by atoms with van der Waals surface area (Å²) in [5, 5.41) is 10.4. The van der Waals surface area contributed by atoms with Crippen molar-refractivity contribution in [2.75, 3.05) is 0 Å². The van der Waals surface area contributed by atoms with Gasteiger partial charge in [0.2, 0.25) is 11.8 Å². The number of nitrogens with one attached hydrogen (secondary N) is 1. The van der Waals surface area contributed by atoms with Gasteiger partial charge in [-0.05, 0) is 37.5 Å². The van der Waals surface area contributed by atoms with Crippen molar-refractivity contribution in [2.24, 2.45) is 29.6 Å². The van der Waals surface area contributed by atoms with Gasteiger partial charge in [0, 0.05) is 15.5 Å². The normalized spacial score (nSPS) is 41.8. The highest BCUT2D eigenvalue weighted by molar-refractivity contribution is 8.00. The average molecular weight is 423 g/mol. The Morgan fingerprint density at radius 1 is 1.29 bits per heavy atom. The maximum Gasteiger partial charge on any atom is 0.326 e. The lowest BCUT2D eigenvalue weighted by atomic mass is 9.62. The first-order valence-electron chi connectivity index (χ1n) is 9.70. The van der Waals surface area contributed by atoms with Gasteiger partial charge in [0.1, 0.15) is 6.04 Å². The second-order valence-corrected chi connectivity index (χ2v) is 10.9. The van der Waals surface area contributed by atoms with Crippen molar-refractivity contribution in [2.45, 2.75) is 55.3 Å². The molecule has 1 saturated heterocycles. The van der Waals surface area contributed by atoms with Gasteiger partial charge in [-0.2, -0.15) is 0 Å². The Hall–Kier alpha value is -1.61. The molecule has 2 bridgehead atoms. The number of aliphatic carboxylic acids is 1. The molecule has 2 saturated carbocycles. The minimum atomic E-state index is -1.15. The van der Waals surface area contributed by atoms with Crippen LogP contribution in [0.4, 0.5) is 0 Å². The highest BCUT2D eigenvalue weighted by Crippen LogP contribution is 2.69. The number of H-pyrrole nitrogens is 1. The van der Waals surface area contributed by atoms with Crippen LogP contribution in [0.2, 0.25) is 0 Å².